The van der Waals surface area contributed by atoms with E-state index in [9.17, 15) is 18.8 Å². The van der Waals surface area contributed by atoms with Gasteiger partial charge in [-0.3, -0.25) is 20.3 Å². The van der Waals surface area contributed by atoms with Gasteiger partial charge in [-0.25, -0.2) is 9.18 Å². The van der Waals surface area contributed by atoms with E-state index >= 15 is 0 Å². The maximum atomic E-state index is 13.5. The summed E-state index contributed by atoms with van der Waals surface area (Å²) < 4.78 is 18.6. The molecule has 0 spiro atoms. The molecule has 0 saturated carbocycles. The third-order valence-corrected chi connectivity index (χ3v) is 7.34. The SMILES string of the molecule is C[C@H](NC(=O)C1C[C@@H](c2ccccc2)CCN1)C(=O)NCc1ccc(C(=N)NC(=O)OCc2ccc(Cl)c(F)c2)cc1. The molecule has 4 rings (SSSR count). The lowest BCUT2D eigenvalue weighted by Crippen LogP contribution is -2.53. The molecule has 3 aromatic rings. The second-order valence-corrected chi connectivity index (χ2v) is 10.5. The molecule has 1 aliphatic rings. The average molecular weight is 594 g/mol. The van der Waals surface area contributed by atoms with E-state index in [1.807, 2.05) is 18.2 Å². The largest absolute Gasteiger partial charge is 0.444 e. The van der Waals surface area contributed by atoms with Crippen LogP contribution in [0.2, 0.25) is 5.02 Å². The van der Waals surface area contributed by atoms with E-state index in [-0.39, 0.29) is 47.8 Å². The highest BCUT2D eigenvalue weighted by Gasteiger charge is 2.29. The predicted molar refractivity (Wildman–Crippen MR) is 158 cm³/mol. The Morgan fingerprint density at radius 1 is 1.07 bits per heavy atom. The Kier molecular flexibility index (Phi) is 10.6. The van der Waals surface area contributed by atoms with E-state index in [4.69, 9.17) is 21.7 Å². The Morgan fingerprint density at radius 2 is 1.79 bits per heavy atom. The number of carbonyl (C=O) groups excluding carboxylic acids is 3. The summed E-state index contributed by atoms with van der Waals surface area (Å²) in [5.41, 5.74) is 2.83. The van der Waals surface area contributed by atoms with Gasteiger partial charge >= 0.3 is 6.09 Å². The molecule has 1 aliphatic heterocycles. The summed E-state index contributed by atoms with van der Waals surface area (Å²) in [6.45, 7) is 2.41. The quantitative estimate of drug-likeness (QED) is 0.185. The van der Waals surface area contributed by atoms with Crippen LogP contribution in [0.25, 0.3) is 0 Å². The molecule has 3 aromatic carbocycles. The summed E-state index contributed by atoms with van der Waals surface area (Å²) >= 11 is 5.64. The van der Waals surface area contributed by atoms with Gasteiger partial charge in [0.05, 0.1) is 11.1 Å². The molecule has 1 unspecified atom stereocenters. The topological polar surface area (TPSA) is 132 Å². The summed E-state index contributed by atoms with van der Waals surface area (Å²) in [5, 5.41) is 19.3. The van der Waals surface area contributed by atoms with Crippen molar-refractivity contribution in [2.24, 2.45) is 0 Å². The highest BCUT2D eigenvalue weighted by Crippen LogP contribution is 2.27. The molecule has 42 heavy (non-hydrogen) atoms. The molecule has 0 aromatic heterocycles. The number of hydrogen-bond acceptors (Lipinski definition) is 6. The van der Waals surface area contributed by atoms with Crippen LogP contribution < -0.4 is 21.3 Å². The standard InChI is InChI=1S/C31H33ClFN5O4/c1-19(37-30(40)27-16-24(13-14-35-27)22-5-3-2-4-6-22)29(39)36-17-20-7-10-23(11-8-20)28(34)38-31(41)42-18-21-9-12-25(32)26(33)15-21/h2-12,15,19,24,27,35H,13-14,16-18H2,1H3,(H,36,39)(H,37,40)(H2,34,38,41)/t19-,24-,27?/m0/s1. The van der Waals surface area contributed by atoms with E-state index < -0.39 is 18.0 Å². The zero-order valence-corrected chi connectivity index (χ0v) is 23.8. The first-order chi connectivity index (χ1) is 20.2. The van der Waals surface area contributed by atoms with Crippen LogP contribution in [0.1, 0.15) is 47.9 Å². The molecule has 220 valence electrons. The van der Waals surface area contributed by atoms with E-state index in [0.717, 1.165) is 18.5 Å². The van der Waals surface area contributed by atoms with E-state index in [2.05, 4.69) is 33.4 Å². The Hall–Kier alpha value is -4.28. The van der Waals surface area contributed by atoms with Crippen LogP contribution in [-0.2, 0) is 27.5 Å². The van der Waals surface area contributed by atoms with Crippen LogP contribution in [0.15, 0.2) is 72.8 Å². The van der Waals surface area contributed by atoms with Crippen molar-refractivity contribution in [2.75, 3.05) is 6.54 Å². The van der Waals surface area contributed by atoms with Gasteiger partial charge in [-0.15, -0.1) is 0 Å². The monoisotopic (exact) mass is 593 g/mol. The molecule has 0 aliphatic carbocycles. The van der Waals surface area contributed by atoms with Crippen LogP contribution in [-0.4, -0.2) is 42.4 Å². The summed E-state index contributed by atoms with van der Waals surface area (Å²) in [6.07, 6.45) is 0.761. The van der Waals surface area contributed by atoms with Crippen LogP contribution in [0.4, 0.5) is 9.18 Å². The smallest absolute Gasteiger partial charge is 0.413 e. The Morgan fingerprint density at radius 3 is 2.50 bits per heavy atom. The van der Waals surface area contributed by atoms with Crippen molar-refractivity contribution in [1.29, 1.82) is 5.41 Å². The molecule has 11 heteroatoms. The number of piperidine rings is 1. The lowest BCUT2D eigenvalue weighted by molar-refractivity contribution is -0.130. The number of nitrogens with one attached hydrogen (secondary N) is 5. The first-order valence-electron chi connectivity index (χ1n) is 13.6. The summed E-state index contributed by atoms with van der Waals surface area (Å²) in [4.78, 5) is 37.5. The second kappa shape index (κ2) is 14.6. The van der Waals surface area contributed by atoms with Crippen LogP contribution >= 0.6 is 11.6 Å². The number of amidine groups is 1. The van der Waals surface area contributed by atoms with Gasteiger partial charge in [-0.2, -0.15) is 0 Å². The van der Waals surface area contributed by atoms with Gasteiger partial charge in [-0.1, -0.05) is 72.3 Å². The van der Waals surface area contributed by atoms with E-state index in [1.54, 1.807) is 31.2 Å². The number of benzene rings is 3. The van der Waals surface area contributed by atoms with Gasteiger partial charge in [-0.05, 0) is 61.1 Å². The summed E-state index contributed by atoms with van der Waals surface area (Å²) in [6, 6.07) is 19.8. The lowest BCUT2D eigenvalue weighted by Gasteiger charge is -2.30. The molecule has 1 fully saturated rings. The van der Waals surface area contributed by atoms with Crippen molar-refractivity contribution < 1.29 is 23.5 Å². The predicted octanol–water partition coefficient (Wildman–Crippen LogP) is 4.39. The Labute approximate surface area is 248 Å². The molecule has 3 amide bonds. The van der Waals surface area contributed by atoms with Crippen molar-refractivity contribution in [1.82, 2.24) is 21.3 Å². The zero-order chi connectivity index (χ0) is 30.1. The number of alkyl carbamates (subject to hydrolysis) is 1. The zero-order valence-electron chi connectivity index (χ0n) is 23.1. The lowest BCUT2D eigenvalue weighted by atomic mass is 9.86. The van der Waals surface area contributed by atoms with E-state index in [1.165, 1.54) is 23.8 Å². The van der Waals surface area contributed by atoms with Crippen molar-refractivity contribution in [3.8, 4) is 0 Å². The van der Waals surface area contributed by atoms with Crippen molar-refractivity contribution in [3.63, 3.8) is 0 Å². The third-order valence-electron chi connectivity index (χ3n) is 7.03. The fraction of sp³-hybridized carbons (Fsp3) is 0.290. The van der Waals surface area contributed by atoms with Crippen molar-refractivity contribution >= 4 is 35.3 Å². The van der Waals surface area contributed by atoms with Gasteiger partial charge in [0.1, 0.15) is 24.3 Å². The highest BCUT2D eigenvalue weighted by atomic mass is 35.5. The van der Waals surface area contributed by atoms with Gasteiger partial charge in [0.25, 0.3) is 0 Å². The minimum Gasteiger partial charge on any atom is -0.444 e. The van der Waals surface area contributed by atoms with Crippen molar-refractivity contribution in [2.45, 2.75) is 50.9 Å². The first-order valence-corrected chi connectivity index (χ1v) is 14.0. The summed E-state index contributed by atoms with van der Waals surface area (Å²) in [5.74, 6) is -1.03. The Bertz CT molecular complexity index is 1420. The van der Waals surface area contributed by atoms with Gasteiger partial charge in [0.15, 0.2) is 0 Å². The Balaban J connectivity index is 1.19. The second-order valence-electron chi connectivity index (χ2n) is 10.1. The number of halogens is 2. The molecule has 1 saturated heterocycles. The van der Waals surface area contributed by atoms with Gasteiger partial charge in [0, 0.05) is 12.1 Å². The van der Waals surface area contributed by atoms with Crippen LogP contribution in [0, 0.1) is 11.2 Å². The normalized spacial score (nSPS) is 17.0. The first kappa shape index (κ1) is 30.7. The number of carbonyl (C=O) groups is 3. The molecule has 0 radical (unpaired) electrons. The van der Waals surface area contributed by atoms with E-state index in [0.29, 0.717) is 17.5 Å². The molecule has 0 bridgehead atoms. The van der Waals surface area contributed by atoms with Gasteiger partial charge < -0.3 is 20.7 Å². The fourth-order valence-electron chi connectivity index (χ4n) is 4.64. The van der Waals surface area contributed by atoms with Crippen molar-refractivity contribution in [3.05, 3.63) is 106 Å². The molecule has 9 nitrogen and oxygen atoms in total. The molecule has 1 heterocycles. The minimum atomic E-state index is -0.859. The summed E-state index contributed by atoms with van der Waals surface area (Å²) in [7, 11) is 0. The molecular weight excluding hydrogens is 561 g/mol. The molecule has 5 N–H and O–H groups in total. The third kappa shape index (κ3) is 8.61. The maximum Gasteiger partial charge on any atom is 0.413 e. The minimum absolute atomic E-state index is 0.0288. The molecule has 3 atom stereocenters. The van der Waals surface area contributed by atoms with Crippen LogP contribution in [0.3, 0.4) is 0 Å². The number of hydrogen-bond donors (Lipinski definition) is 5. The fourth-order valence-corrected chi connectivity index (χ4v) is 4.76. The van der Waals surface area contributed by atoms with Crippen LogP contribution in [0.5, 0.6) is 0 Å². The molecular formula is C31H33ClFN5O4. The number of ether oxygens (including phenoxy) is 1. The average Bonchev–Trinajstić information content (AvgIpc) is 3.01. The maximum absolute atomic E-state index is 13.5. The number of amides is 3. The van der Waals surface area contributed by atoms with Gasteiger partial charge in [0.2, 0.25) is 11.8 Å². The number of rotatable bonds is 9. The highest BCUT2D eigenvalue weighted by molar-refractivity contribution is 6.30.